The van der Waals surface area contributed by atoms with Crippen LogP contribution in [0.3, 0.4) is 0 Å². The van der Waals surface area contributed by atoms with E-state index in [9.17, 15) is 0 Å². The van der Waals surface area contributed by atoms with Gasteiger partial charge in [-0.15, -0.1) is 0 Å². The Morgan fingerprint density at radius 1 is 0.444 bits per heavy atom. The molecule has 18 heavy (non-hydrogen) atoms. The van der Waals surface area contributed by atoms with Gasteiger partial charge in [0.1, 0.15) is 0 Å². The molecule has 0 nitrogen and oxygen atoms in total. The molecule has 0 saturated heterocycles. The van der Waals surface area contributed by atoms with E-state index in [-0.39, 0.29) is 0 Å². The van der Waals surface area contributed by atoms with Crippen molar-refractivity contribution in [3.05, 3.63) is 0 Å². The SMILES string of the molecule is CCCCC[PH](CCC)(CCCC)CCCCC. The van der Waals surface area contributed by atoms with Crippen LogP contribution in [0.2, 0.25) is 0 Å². The van der Waals surface area contributed by atoms with Gasteiger partial charge < -0.3 is 0 Å². The fourth-order valence-corrected chi connectivity index (χ4v) is 9.00. The van der Waals surface area contributed by atoms with E-state index in [1.165, 1.54) is 57.8 Å². The second-order valence-electron chi connectivity index (χ2n) is 6.27. The first-order valence-electron chi connectivity index (χ1n) is 8.74. The summed E-state index contributed by atoms with van der Waals surface area (Å²) in [5.74, 6) is 0. The molecule has 0 bridgehead atoms. The summed E-state index contributed by atoms with van der Waals surface area (Å²) in [6.45, 7) is 9.45. The average molecular weight is 274 g/mol. The van der Waals surface area contributed by atoms with Crippen molar-refractivity contribution in [3.63, 3.8) is 0 Å². The van der Waals surface area contributed by atoms with E-state index in [1.54, 1.807) is 24.6 Å². The Morgan fingerprint density at radius 3 is 1.28 bits per heavy atom. The van der Waals surface area contributed by atoms with Crippen LogP contribution in [0.4, 0.5) is 0 Å². The second-order valence-corrected chi connectivity index (χ2v) is 11.3. The summed E-state index contributed by atoms with van der Waals surface area (Å²) >= 11 is 0. The molecule has 0 radical (unpaired) electrons. The third-order valence-electron chi connectivity index (χ3n) is 4.46. The van der Waals surface area contributed by atoms with Crippen molar-refractivity contribution in [3.8, 4) is 0 Å². The molecule has 0 fully saturated rings. The van der Waals surface area contributed by atoms with Crippen molar-refractivity contribution in [2.45, 2.75) is 85.5 Å². The van der Waals surface area contributed by atoms with Crippen LogP contribution in [0.1, 0.15) is 85.5 Å². The fourth-order valence-electron chi connectivity index (χ4n) is 3.33. The number of rotatable bonds is 13. The normalized spacial score (nSPS) is 12.9. The van der Waals surface area contributed by atoms with Crippen LogP contribution in [-0.2, 0) is 0 Å². The van der Waals surface area contributed by atoms with Crippen LogP contribution in [0.15, 0.2) is 0 Å². The molecule has 0 aromatic carbocycles. The van der Waals surface area contributed by atoms with Gasteiger partial charge in [-0.3, -0.25) is 0 Å². The Kier molecular flexibility index (Phi) is 12.8. The number of hydrogen-bond acceptors (Lipinski definition) is 0. The Balaban J connectivity index is 4.34. The molecular formula is C17H39P. The third-order valence-corrected chi connectivity index (χ3v) is 10.3. The molecule has 0 unspecified atom stereocenters. The van der Waals surface area contributed by atoms with E-state index in [4.69, 9.17) is 0 Å². The molecule has 0 rings (SSSR count). The molecule has 0 spiro atoms. The van der Waals surface area contributed by atoms with Gasteiger partial charge in [0, 0.05) is 0 Å². The summed E-state index contributed by atoms with van der Waals surface area (Å²) in [5.41, 5.74) is 0. The minimum absolute atomic E-state index is 0.891. The van der Waals surface area contributed by atoms with E-state index >= 15 is 0 Å². The molecular weight excluding hydrogens is 235 g/mol. The summed E-state index contributed by atoms with van der Waals surface area (Å²) in [7, 11) is -0.891. The van der Waals surface area contributed by atoms with E-state index in [1.807, 2.05) is 0 Å². The second kappa shape index (κ2) is 12.5. The van der Waals surface area contributed by atoms with Crippen molar-refractivity contribution in [2.75, 3.05) is 24.6 Å². The molecule has 0 atom stereocenters. The van der Waals surface area contributed by atoms with Gasteiger partial charge in [-0.2, -0.15) is 0 Å². The zero-order valence-corrected chi connectivity index (χ0v) is 14.7. The molecule has 0 saturated carbocycles. The van der Waals surface area contributed by atoms with Gasteiger partial charge >= 0.3 is 117 Å². The summed E-state index contributed by atoms with van der Waals surface area (Å²) in [6.07, 6.45) is 19.6. The summed E-state index contributed by atoms with van der Waals surface area (Å²) < 4.78 is 0. The molecule has 0 aliphatic rings. The van der Waals surface area contributed by atoms with Crippen molar-refractivity contribution >= 4 is 7.26 Å². The van der Waals surface area contributed by atoms with E-state index in [2.05, 4.69) is 27.7 Å². The first-order chi connectivity index (χ1) is 8.74. The molecule has 0 aromatic heterocycles. The maximum absolute atomic E-state index is 2.41. The van der Waals surface area contributed by atoms with Crippen molar-refractivity contribution in [1.82, 2.24) is 0 Å². The third kappa shape index (κ3) is 8.52. The zero-order chi connectivity index (χ0) is 13.7. The molecule has 0 heterocycles. The molecule has 112 valence electrons. The van der Waals surface area contributed by atoms with E-state index in [0.717, 1.165) is 0 Å². The maximum atomic E-state index is 2.41. The van der Waals surface area contributed by atoms with Gasteiger partial charge in [0.15, 0.2) is 0 Å². The first kappa shape index (κ1) is 18.4. The van der Waals surface area contributed by atoms with Crippen molar-refractivity contribution < 1.29 is 0 Å². The van der Waals surface area contributed by atoms with Crippen LogP contribution in [-0.4, -0.2) is 24.6 Å². The average Bonchev–Trinajstić information content (AvgIpc) is 2.37. The Bertz CT molecular complexity index is 155. The zero-order valence-electron chi connectivity index (χ0n) is 13.7. The topological polar surface area (TPSA) is 0 Å². The van der Waals surface area contributed by atoms with Gasteiger partial charge in [0.05, 0.1) is 0 Å². The van der Waals surface area contributed by atoms with Crippen LogP contribution in [0.25, 0.3) is 0 Å². The van der Waals surface area contributed by atoms with Crippen LogP contribution >= 0.6 is 7.26 Å². The molecule has 1 heteroatoms. The fraction of sp³-hybridized carbons (Fsp3) is 1.00. The van der Waals surface area contributed by atoms with Gasteiger partial charge in [-0.1, -0.05) is 0 Å². The van der Waals surface area contributed by atoms with Gasteiger partial charge in [0.2, 0.25) is 0 Å². The molecule has 0 aromatic rings. The van der Waals surface area contributed by atoms with E-state index < -0.39 is 7.26 Å². The molecule has 0 amide bonds. The standard InChI is InChI=1S/C17H39P/c1-5-9-12-16-18(14-8-4,15-11-7-3)17-13-10-6-2/h18H,5-17H2,1-4H3. The van der Waals surface area contributed by atoms with Crippen molar-refractivity contribution in [1.29, 1.82) is 0 Å². The molecule has 0 N–H and O–H groups in total. The Morgan fingerprint density at radius 2 is 0.889 bits per heavy atom. The molecule has 0 aliphatic heterocycles. The summed E-state index contributed by atoms with van der Waals surface area (Å²) in [5, 5.41) is 0. The predicted octanol–water partition coefficient (Wildman–Crippen LogP) is 6.33. The van der Waals surface area contributed by atoms with Gasteiger partial charge in [0.25, 0.3) is 0 Å². The number of unbranched alkanes of at least 4 members (excludes halogenated alkanes) is 5. The number of hydrogen-bond donors (Lipinski definition) is 0. The van der Waals surface area contributed by atoms with Crippen LogP contribution < -0.4 is 0 Å². The Labute approximate surface area is 118 Å². The van der Waals surface area contributed by atoms with E-state index in [0.29, 0.717) is 0 Å². The summed E-state index contributed by atoms with van der Waals surface area (Å²) in [4.78, 5) is 0. The summed E-state index contributed by atoms with van der Waals surface area (Å²) in [6, 6.07) is 0. The molecule has 0 aliphatic carbocycles. The Hall–Kier alpha value is 0.430. The van der Waals surface area contributed by atoms with Crippen LogP contribution in [0.5, 0.6) is 0 Å². The van der Waals surface area contributed by atoms with Crippen LogP contribution in [0, 0.1) is 0 Å². The quantitative estimate of drug-likeness (QED) is 0.272. The van der Waals surface area contributed by atoms with Crippen molar-refractivity contribution in [2.24, 2.45) is 0 Å². The predicted molar refractivity (Wildman–Crippen MR) is 92.0 cm³/mol. The van der Waals surface area contributed by atoms with Gasteiger partial charge in [-0.05, 0) is 0 Å². The monoisotopic (exact) mass is 274 g/mol. The first-order valence-corrected chi connectivity index (χ1v) is 11.6. The van der Waals surface area contributed by atoms with Gasteiger partial charge in [-0.25, -0.2) is 0 Å². The minimum atomic E-state index is -0.891.